The number of ether oxygens (including phenoxy) is 2. The van der Waals surface area contributed by atoms with Crippen molar-refractivity contribution in [2.75, 3.05) is 11.9 Å². The SMILES string of the molecule is CN1C(=O)[C@H](C[C@H](NC(=O)OC(C)(C)C)C(N)=O)Oc2ccccc21. The van der Waals surface area contributed by atoms with E-state index in [9.17, 15) is 14.4 Å². The van der Waals surface area contributed by atoms with Crippen LogP contribution >= 0.6 is 0 Å². The number of carbonyl (C=O) groups excluding carboxylic acids is 3. The number of rotatable bonds is 4. The lowest BCUT2D eigenvalue weighted by atomic mass is 10.1. The fourth-order valence-corrected chi connectivity index (χ4v) is 2.43. The van der Waals surface area contributed by atoms with E-state index in [1.54, 1.807) is 52.1 Å². The lowest BCUT2D eigenvalue weighted by Crippen LogP contribution is -2.52. The van der Waals surface area contributed by atoms with Crippen LogP contribution < -0.4 is 20.7 Å². The van der Waals surface area contributed by atoms with Crippen molar-refractivity contribution in [1.82, 2.24) is 5.32 Å². The Hall–Kier alpha value is -2.77. The number of hydrogen-bond donors (Lipinski definition) is 2. The van der Waals surface area contributed by atoms with E-state index in [1.165, 1.54) is 4.90 Å². The first-order valence-corrected chi connectivity index (χ1v) is 7.90. The molecule has 1 heterocycles. The van der Waals surface area contributed by atoms with Gasteiger partial charge in [-0.2, -0.15) is 0 Å². The van der Waals surface area contributed by atoms with Crippen LogP contribution in [0.15, 0.2) is 24.3 Å². The van der Waals surface area contributed by atoms with Crippen molar-refractivity contribution >= 4 is 23.6 Å². The predicted octanol–water partition coefficient (Wildman–Crippen LogP) is 1.18. The van der Waals surface area contributed by atoms with Gasteiger partial charge in [0.25, 0.3) is 5.91 Å². The molecule has 0 radical (unpaired) electrons. The minimum Gasteiger partial charge on any atom is -0.478 e. The van der Waals surface area contributed by atoms with E-state index in [-0.39, 0.29) is 12.3 Å². The van der Waals surface area contributed by atoms with E-state index in [1.807, 2.05) is 0 Å². The molecule has 8 heteroatoms. The van der Waals surface area contributed by atoms with E-state index in [4.69, 9.17) is 15.2 Å². The molecule has 3 amide bonds. The van der Waals surface area contributed by atoms with Crippen LogP contribution in [0.3, 0.4) is 0 Å². The summed E-state index contributed by atoms with van der Waals surface area (Å²) in [5, 5.41) is 2.39. The molecule has 1 aromatic rings. The molecule has 0 unspecified atom stereocenters. The average Bonchev–Trinajstić information content (AvgIpc) is 2.49. The minimum absolute atomic E-state index is 0.0912. The van der Waals surface area contributed by atoms with Crippen molar-refractivity contribution in [2.24, 2.45) is 5.73 Å². The van der Waals surface area contributed by atoms with Gasteiger partial charge in [-0.15, -0.1) is 0 Å². The summed E-state index contributed by atoms with van der Waals surface area (Å²) in [7, 11) is 1.62. The number of likely N-dealkylation sites (N-methyl/N-ethyl adjacent to an activating group) is 1. The van der Waals surface area contributed by atoms with Crippen LogP contribution in [0.2, 0.25) is 0 Å². The van der Waals surface area contributed by atoms with Gasteiger partial charge in [0.1, 0.15) is 17.4 Å². The first-order valence-electron chi connectivity index (χ1n) is 7.90. The van der Waals surface area contributed by atoms with Gasteiger partial charge in [-0.1, -0.05) is 12.1 Å². The Labute approximate surface area is 146 Å². The highest BCUT2D eigenvalue weighted by Gasteiger charge is 2.36. The number of amides is 3. The normalized spacial score (nSPS) is 18.0. The fraction of sp³-hybridized carbons (Fsp3) is 0.471. The van der Waals surface area contributed by atoms with Crippen molar-refractivity contribution in [1.29, 1.82) is 0 Å². The Morgan fingerprint density at radius 1 is 1.36 bits per heavy atom. The van der Waals surface area contributed by atoms with Crippen molar-refractivity contribution in [3.05, 3.63) is 24.3 Å². The van der Waals surface area contributed by atoms with Gasteiger partial charge in [-0.3, -0.25) is 9.59 Å². The Morgan fingerprint density at radius 2 is 2.00 bits per heavy atom. The molecule has 25 heavy (non-hydrogen) atoms. The van der Waals surface area contributed by atoms with Gasteiger partial charge in [0.15, 0.2) is 6.10 Å². The molecule has 0 aliphatic carbocycles. The molecular weight excluding hydrogens is 326 g/mol. The van der Waals surface area contributed by atoms with E-state index in [2.05, 4.69) is 5.32 Å². The maximum absolute atomic E-state index is 12.5. The third kappa shape index (κ3) is 4.62. The number of nitrogens with two attached hydrogens (primary N) is 1. The third-order valence-corrected chi connectivity index (χ3v) is 3.59. The number of benzene rings is 1. The number of alkyl carbamates (subject to hydrolysis) is 1. The molecule has 2 rings (SSSR count). The number of hydrogen-bond acceptors (Lipinski definition) is 5. The minimum atomic E-state index is -1.09. The van der Waals surface area contributed by atoms with E-state index in [0.717, 1.165) is 0 Å². The monoisotopic (exact) mass is 349 g/mol. The van der Waals surface area contributed by atoms with Crippen LogP contribution in [0.1, 0.15) is 27.2 Å². The Balaban J connectivity index is 2.11. The van der Waals surface area contributed by atoms with Gasteiger partial charge in [-0.05, 0) is 32.9 Å². The predicted molar refractivity (Wildman–Crippen MR) is 91.2 cm³/mol. The van der Waals surface area contributed by atoms with E-state index >= 15 is 0 Å². The van der Waals surface area contributed by atoms with Crippen LogP contribution in [-0.2, 0) is 14.3 Å². The molecule has 1 aliphatic rings. The maximum Gasteiger partial charge on any atom is 0.408 e. The van der Waals surface area contributed by atoms with Crippen LogP contribution in [0.5, 0.6) is 5.75 Å². The summed E-state index contributed by atoms with van der Waals surface area (Å²) in [5.41, 5.74) is 5.27. The quantitative estimate of drug-likeness (QED) is 0.848. The molecule has 1 aromatic carbocycles. The van der Waals surface area contributed by atoms with Crippen molar-refractivity contribution in [2.45, 2.75) is 44.9 Å². The summed E-state index contributed by atoms with van der Waals surface area (Å²) in [4.78, 5) is 37.5. The molecule has 2 atom stereocenters. The number of fused-ring (bicyclic) bond motifs is 1. The lowest BCUT2D eigenvalue weighted by molar-refractivity contribution is -0.127. The van der Waals surface area contributed by atoms with Crippen molar-refractivity contribution < 1.29 is 23.9 Å². The third-order valence-electron chi connectivity index (χ3n) is 3.59. The number of nitrogens with zero attached hydrogens (tertiary/aromatic N) is 1. The fourth-order valence-electron chi connectivity index (χ4n) is 2.43. The van der Waals surface area contributed by atoms with Gasteiger partial charge in [-0.25, -0.2) is 4.79 Å². The summed E-state index contributed by atoms with van der Waals surface area (Å²) in [6.07, 6.45) is -1.81. The van der Waals surface area contributed by atoms with Gasteiger partial charge < -0.3 is 25.4 Å². The molecule has 8 nitrogen and oxygen atoms in total. The van der Waals surface area contributed by atoms with Crippen LogP contribution in [0.25, 0.3) is 0 Å². The second-order valence-corrected chi connectivity index (χ2v) is 6.81. The van der Waals surface area contributed by atoms with Gasteiger partial charge in [0.2, 0.25) is 5.91 Å². The zero-order chi connectivity index (χ0) is 18.8. The van der Waals surface area contributed by atoms with Gasteiger partial charge >= 0.3 is 6.09 Å². The van der Waals surface area contributed by atoms with E-state index < -0.39 is 29.7 Å². The Bertz CT molecular complexity index is 683. The summed E-state index contributed by atoms with van der Waals surface area (Å²) < 4.78 is 10.8. The highest BCUT2D eigenvalue weighted by molar-refractivity contribution is 6.00. The number of anilines is 1. The molecule has 0 saturated heterocycles. The molecule has 1 aliphatic heterocycles. The first-order chi connectivity index (χ1) is 11.6. The molecule has 3 N–H and O–H groups in total. The van der Waals surface area contributed by atoms with Crippen molar-refractivity contribution in [3.63, 3.8) is 0 Å². The number of para-hydroxylation sites is 2. The second-order valence-electron chi connectivity index (χ2n) is 6.81. The maximum atomic E-state index is 12.5. The largest absolute Gasteiger partial charge is 0.478 e. The molecule has 0 aromatic heterocycles. The topological polar surface area (TPSA) is 111 Å². The summed E-state index contributed by atoms with van der Waals surface area (Å²) in [6.45, 7) is 5.10. The molecule has 0 spiro atoms. The summed E-state index contributed by atoms with van der Waals surface area (Å²) in [6, 6.07) is 5.97. The molecule has 0 fully saturated rings. The standard InChI is InChI=1S/C17H23N3O5/c1-17(2,3)25-16(23)19-10(14(18)21)9-13-15(22)20(4)11-7-5-6-8-12(11)24-13/h5-8,10,13H,9H2,1-4H3,(H2,18,21)(H,19,23)/t10-,13-/m0/s1. The number of nitrogens with one attached hydrogen (secondary N) is 1. The highest BCUT2D eigenvalue weighted by atomic mass is 16.6. The molecule has 0 saturated carbocycles. The van der Waals surface area contributed by atoms with Crippen LogP contribution in [0, 0.1) is 0 Å². The van der Waals surface area contributed by atoms with Gasteiger partial charge in [0, 0.05) is 13.5 Å². The zero-order valence-corrected chi connectivity index (χ0v) is 14.7. The van der Waals surface area contributed by atoms with Crippen molar-refractivity contribution in [3.8, 4) is 5.75 Å². The lowest BCUT2D eigenvalue weighted by Gasteiger charge is -2.33. The number of primary amides is 1. The van der Waals surface area contributed by atoms with Gasteiger partial charge in [0.05, 0.1) is 5.69 Å². The first kappa shape index (κ1) is 18.6. The average molecular weight is 349 g/mol. The molecule has 136 valence electrons. The van der Waals surface area contributed by atoms with E-state index in [0.29, 0.717) is 11.4 Å². The van der Waals surface area contributed by atoms with Crippen LogP contribution in [-0.4, -0.2) is 42.7 Å². The molecular formula is C17H23N3O5. The number of carbonyl (C=O) groups is 3. The Morgan fingerprint density at radius 3 is 2.60 bits per heavy atom. The Kier molecular flexibility index (Phi) is 5.20. The van der Waals surface area contributed by atoms with Crippen LogP contribution in [0.4, 0.5) is 10.5 Å². The summed E-state index contributed by atoms with van der Waals surface area (Å²) >= 11 is 0. The summed E-state index contributed by atoms with van der Waals surface area (Å²) in [5.74, 6) is -0.574. The second kappa shape index (κ2) is 7.00. The highest BCUT2D eigenvalue weighted by Crippen LogP contribution is 2.33. The smallest absolute Gasteiger partial charge is 0.408 e. The zero-order valence-electron chi connectivity index (χ0n) is 14.7. The molecule has 0 bridgehead atoms.